The van der Waals surface area contributed by atoms with Gasteiger partial charge in [-0.1, -0.05) is 54.6 Å². The normalized spacial score (nSPS) is 18.1. The van der Waals surface area contributed by atoms with Crippen molar-refractivity contribution in [2.75, 3.05) is 28.6 Å². The summed E-state index contributed by atoms with van der Waals surface area (Å²) in [5.41, 5.74) is 3.98. The van der Waals surface area contributed by atoms with Crippen LogP contribution >= 0.6 is 11.8 Å². The van der Waals surface area contributed by atoms with Crippen LogP contribution in [0.4, 0.5) is 11.4 Å². The Balaban J connectivity index is 1.41. The third-order valence-corrected chi connectivity index (χ3v) is 6.96. The molecule has 5 rings (SSSR count). The molecule has 0 fully saturated rings. The van der Waals surface area contributed by atoms with Gasteiger partial charge in [-0.15, -0.1) is 11.8 Å². The molecule has 1 amide bonds. The SMILES string of the molecule is O=C(C1CSC(c2ccccc2O)=N1)N1CCCN(Cc2ccccc2)c2ccccc21. The minimum atomic E-state index is -0.441. The summed E-state index contributed by atoms with van der Waals surface area (Å²) in [5.74, 6) is 0.815. The molecule has 2 aliphatic rings. The molecule has 2 aliphatic heterocycles. The number of fused-ring (bicyclic) bond motifs is 1. The van der Waals surface area contributed by atoms with Crippen LogP contribution in [0.2, 0.25) is 0 Å². The van der Waals surface area contributed by atoms with Crippen molar-refractivity contribution in [3.05, 3.63) is 90.0 Å². The molecule has 3 aromatic carbocycles. The van der Waals surface area contributed by atoms with E-state index < -0.39 is 6.04 Å². The number of benzene rings is 3. The van der Waals surface area contributed by atoms with Crippen molar-refractivity contribution in [1.29, 1.82) is 0 Å². The Bertz CT molecular complexity index is 1150. The van der Waals surface area contributed by atoms with E-state index >= 15 is 0 Å². The summed E-state index contributed by atoms with van der Waals surface area (Å²) in [7, 11) is 0. The second-order valence-corrected chi connectivity index (χ2v) is 9.03. The number of hydrogen-bond acceptors (Lipinski definition) is 5. The van der Waals surface area contributed by atoms with Gasteiger partial charge in [0.05, 0.1) is 11.4 Å². The lowest BCUT2D eigenvalue weighted by Gasteiger charge is -2.27. The fraction of sp³-hybridized carbons (Fsp3) is 0.231. The molecule has 0 spiro atoms. The Morgan fingerprint density at radius 1 is 0.938 bits per heavy atom. The first kappa shape index (κ1) is 20.6. The molecule has 162 valence electrons. The number of carbonyl (C=O) groups is 1. The molecule has 2 heterocycles. The van der Waals surface area contributed by atoms with E-state index in [2.05, 4.69) is 35.2 Å². The molecule has 6 heteroatoms. The third-order valence-electron chi connectivity index (χ3n) is 5.88. The average molecular weight is 444 g/mol. The van der Waals surface area contributed by atoms with Crippen LogP contribution in [0.25, 0.3) is 0 Å². The monoisotopic (exact) mass is 443 g/mol. The van der Waals surface area contributed by atoms with Crippen LogP contribution in [-0.4, -0.2) is 40.9 Å². The van der Waals surface area contributed by atoms with Crippen molar-refractivity contribution in [1.82, 2.24) is 0 Å². The van der Waals surface area contributed by atoms with Crippen LogP contribution in [0.1, 0.15) is 17.5 Å². The maximum atomic E-state index is 13.6. The molecule has 1 atom stereocenters. The predicted molar refractivity (Wildman–Crippen MR) is 132 cm³/mol. The summed E-state index contributed by atoms with van der Waals surface area (Å²) in [6.07, 6.45) is 0.892. The van der Waals surface area contributed by atoms with E-state index in [9.17, 15) is 9.90 Å². The number of para-hydroxylation sites is 3. The van der Waals surface area contributed by atoms with Crippen LogP contribution in [0.15, 0.2) is 83.9 Å². The number of phenols is 1. The Morgan fingerprint density at radius 3 is 2.47 bits per heavy atom. The van der Waals surface area contributed by atoms with Gasteiger partial charge in [-0.25, -0.2) is 0 Å². The number of nitrogens with zero attached hydrogens (tertiary/aromatic N) is 3. The zero-order valence-electron chi connectivity index (χ0n) is 17.7. The van der Waals surface area contributed by atoms with Crippen LogP contribution in [0, 0.1) is 0 Å². The first-order chi connectivity index (χ1) is 15.7. The van der Waals surface area contributed by atoms with Crippen LogP contribution in [-0.2, 0) is 11.3 Å². The lowest BCUT2D eigenvalue weighted by atomic mass is 10.1. The molecule has 5 nitrogen and oxygen atoms in total. The molecule has 0 saturated carbocycles. The summed E-state index contributed by atoms with van der Waals surface area (Å²) >= 11 is 1.53. The highest BCUT2D eigenvalue weighted by molar-refractivity contribution is 8.14. The number of carbonyl (C=O) groups excluding carboxylic acids is 1. The minimum absolute atomic E-state index is 0.0249. The van der Waals surface area contributed by atoms with Gasteiger partial charge >= 0.3 is 0 Å². The van der Waals surface area contributed by atoms with Gasteiger partial charge in [0, 0.05) is 31.0 Å². The Kier molecular flexibility index (Phi) is 5.86. The summed E-state index contributed by atoms with van der Waals surface area (Å²) in [6.45, 7) is 2.38. The van der Waals surface area contributed by atoms with Crippen LogP contribution in [0.3, 0.4) is 0 Å². The number of aliphatic imine (C=N–C) groups is 1. The van der Waals surface area contributed by atoms with E-state index in [1.165, 1.54) is 17.3 Å². The fourth-order valence-electron chi connectivity index (χ4n) is 4.30. The fourth-order valence-corrected chi connectivity index (χ4v) is 5.36. The van der Waals surface area contributed by atoms with Gasteiger partial charge in [-0.2, -0.15) is 0 Å². The number of phenolic OH excluding ortho intramolecular Hbond substituents is 1. The minimum Gasteiger partial charge on any atom is -0.507 e. The van der Waals surface area contributed by atoms with Crippen LogP contribution in [0.5, 0.6) is 5.75 Å². The number of thioether (sulfide) groups is 1. The maximum absolute atomic E-state index is 13.6. The highest BCUT2D eigenvalue weighted by Crippen LogP contribution is 2.35. The summed E-state index contributed by atoms with van der Waals surface area (Å²) in [4.78, 5) is 22.5. The molecule has 1 unspecified atom stereocenters. The number of rotatable bonds is 4. The highest BCUT2D eigenvalue weighted by atomic mass is 32.2. The molecule has 1 N–H and O–H groups in total. The molecule has 0 aliphatic carbocycles. The number of amides is 1. The lowest BCUT2D eigenvalue weighted by Crippen LogP contribution is -2.39. The highest BCUT2D eigenvalue weighted by Gasteiger charge is 2.33. The van der Waals surface area contributed by atoms with E-state index in [0.29, 0.717) is 17.9 Å². The zero-order valence-corrected chi connectivity index (χ0v) is 18.5. The van der Waals surface area contributed by atoms with Gasteiger partial charge in [-0.3, -0.25) is 9.79 Å². The van der Waals surface area contributed by atoms with Crippen LogP contribution < -0.4 is 9.80 Å². The van der Waals surface area contributed by atoms with Crippen molar-refractivity contribution < 1.29 is 9.90 Å². The van der Waals surface area contributed by atoms with E-state index in [1.54, 1.807) is 12.1 Å². The summed E-state index contributed by atoms with van der Waals surface area (Å²) in [6, 6.07) is 25.3. The van der Waals surface area contributed by atoms with Gasteiger partial charge < -0.3 is 14.9 Å². The third kappa shape index (κ3) is 4.10. The van der Waals surface area contributed by atoms with Gasteiger partial charge in [0.15, 0.2) is 0 Å². The van der Waals surface area contributed by atoms with Crippen molar-refractivity contribution >= 4 is 34.1 Å². The maximum Gasteiger partial charge on any atom is 0.252 e. The predicted octanol–water partition coefficient (Wildman–Crippen LogP) is 4.70. The summed E-state index contributed by atoms with van der Waals surface area (Å²) < 4.78 is 0. The second kappa shape index (κ2) is 9.09. The standard InChI is InChI=1S/C26H25N3O2S/c30-24-14-7-4-11-20(24)25-27-21(18-32-25)26(31)29-16-8-15-28(17-19-9-2-1-3-10-19)22-12-5-6-13-23(22)29/h1-7,9-14,21,30H,8,15-18H2. The molecule has 32 heavy (non-hydrogen) atoms. The molecular weight excluding hydrogens is 418 g/mol. The first-order valence-corrected chi connectivity index (χ1v) is 11.9. The number of aromatic hydroxyl groups is 1. The Labute approximate surface area is 192 Å². The van der Waals surface area contributed by atoms with Gasteiger partial charge in [0.25, 0.3) is 5.91 Å². The van der Waals surface area contributed by atoms with Crippen molar-refractivity contribution in [3.63, 3.8) is 0 Å². The van der Waals surface area contributed by atoms with Gasteiger partial charge in [0.1, 0.15) is 16.8 Å². The number of hydrogen-bond donors (Lipinski definition) is 1. The Morgan fingerprint density at radius 2 is 1.66 bits per heavy atom. The van der Waals surface area contributed by atoms with E-state index in [1.807, 2.05) is 41.3 Å². The van der Waals surface area contributed by atoms with Crippen molar-refractivity contribution in [2.45, 2.75) is 19.0 Å². The topological polar surface area (TPSA) is 56.1 Å². The molecule has 3 aromatic rings. The van der Waals surface area contributed by atoms with Gasteiger partial charge in [0.2, 0.25) is 0 Å². The molecule has 0 aromatic heterocycles. The summed E-state index contributed by atoms with van der Waals surface area (Å²) in [5, 5.41) is 10.9. The number of anilines is 2. The molecular formula is C26H25N3O2S. The second-order valence-electron chi connectivity index (χ2n) is 8.02. The Hall–Kier alpha value is -3.25. The smallest absolute Gasteiger partial charge is 0.252 e. The molecule has 0 bridgehead atoms. The molecule has 0 radical (unpaired) electrons. The van der Waals surface area contributed by atoms with E-state index in [4.69, 9.17) is 4.99 Å². The lowest BCUT2D eigenvalue weighted by molar-refractivity contribution is -0.119. The van der Waals surface area contributed by atoms with E-state index in [-0.39, 0.29) is 11.7 Å². The van der Waals surface area contributed by atoms with Crippen molar-refractivity contribution in [3.8, 4) is 5.75 Å². The molecule has 0 saturated heterocycles. The zero-order chi connectivity index (χ0) is 21.9. The largest absolute Gasteiger partial charge is 0.507 e. The van der Waals surface area contributed by atoms with Gasteiger partial charge in [-0.05, 0) is 36.2 Å². The first-order valence-electron chi connectivity index (χ1n) is 10.9. The quantitative estimate of drug-likeness (QED) is 0.635. The van der Waals surface area contributed by atoms with E-state index in [0.717, 1.165) is 35.9 Å². The van der Waals surface area contributed by atoms with Crippen molar-refractivity contribution in [2.24, 2.45) is 4.99 Å². The average Bonchev–Trinajstić information content (AvgIpc) is 3.24.